The van der Waals surface area contributed by atoms with Crippen molar-refractivity contribution in [1.82, 2.24) is 9.97 Å². The maximum absolute atomic E-state index is 12.8. The lowest BCUT2D eigenvalue weighted by Gasteiger charge is -2.18. The Morgan fingerprint density at radius 2 is 1.82 bits per heavy atom. The van der Waals surface area contributed by atoms with Crippen LogP contribution < -0.4 is 10.0 Å². The van der Waals surface area contributed by atoms with Crippen LogP contribution in [0.25, 0.3) is 0 Å². The highest BCUT2D eigenvalue weighted by atomic mass is 32.2. The first-order valence-electron chi connectivity index (χ1n) is 8.50. The summed E-state index contributed by atoms with van der Waals surface area (Å²) in [6.45, 7) is 0. The fourth-order valence-corrected chi connectivity index (χ4v) is 4.66. The number of hydrogen-bond donors (Lipinski definition) is 2. The summed E-state index contributed by atoms with van der Waals surface area (Å²) in [6.07, 6.45) is 4.10. The number of carbonyl (C=O) groups is 1. The highest BCUT2D eigenvalue weighted by Crippen LogP contribution is 2.28. The quantitative estimate of drug-likeness (QED) is 0.667. The van der Waals surface area contributed by atoms with Gasteiger partial charge in [0.15, 0.2) is 0 Å². The molecule has 142 valence electrons. The Morgan fingerprint density at radius 3 is 2.64 bits per heavy atom. The number of amides is 1. The zero-order valence-electron chi connectivity index (χ0n) is 14.6. The summed E-state index contributed by atoms with van der Waals surface area (Å²) in [5, 5.41) is 4.15. The number of aryl methyl sites for hydroxylation is 1. The second kappa shape index (κ2) is 7.61. The largest absolute Gasteiger partial charge is 0.326 e. The van der Waals surface area contributed by atoms with Crippen LogP contribution in [0.1, 0.15) is 12.0 Å². The molecule has 3 aromatic rings. The van der Waals surface area contributed by atoms with Crippen LogP contribution in [0.5, 0.6) is 0 Å². The Morgan fingerprint density at radius 1 is 0.964 bits per heavy atom. The van der Waals surface area contributed by atoms with Gasteiger partial charge in [0.25, 0.3) is 10.0 Å². The summed E-state index contributed by atoms with van der Waals surface area (Å²) >= 11 is 1.35. The molecule has 2 aromatic heterocycles. The summed E-state index contributed by atoms with van der Waals surface area (Å²) in [5.74, 6) is -0.0593. The molecule has 0 unspecified atom stereocenters. The average Bonchev–Trinajstić information content (AvgIpc) is 2.68. The molecule has 1 amide bonds. The number of nitrogens with zero attached hydrogens (tertiary/aromatic N) is 2. The number of rotatable bonds is 5. The van der Waals surface area contributed by atoms with Crippen molar-refractivity contribution in [2.45, 2.75) is 27.8 Å². The Balaban J connectivity index is 1.55. The van der Waals surface area contributed by atoms with E-state index in [0.717, 1.165) is 10.6 Å². The van der Waals surface area contributed by atoms with Crippen molar-refractivity contribution < 1.29 is 13.2 Å². The van der Waals surface area contributed by atoms with E-state index in [-0.39, 0.29) is 10.8 Å². The van der Waals surface area contributed by atoms with Crippen molar-refractivity contribution in [2.75, 3.05) is 10.0 Å². The van der Waals surface area contributed by atoms with Gasteiger partial charge in [-0.05, 0) is 54.4 Å². The molecule has 0 saturated carbocycles. The molecule has 0 bridgehead atoms. The number of benzene rings is 1. The Hall–Kier alpha value is -2.91. The van der Waals surface area contributed by atoms with E-state index in [1.165, 1.54) is 17.8 Å². The van der Waals surface area contributed by atoms with Gasteiger partial charge in [-0.25, -0.2) is 18.4 Å². The molecule has 1 aliphatic heterocycles. The van der Waals surface area contributed by atoms with Gasteiger partial charge in [0.2, 0.25) is 5.91 Å². The number of carbonyl (C=O) groups excluding carboxylic acids is 1. The van der Waals surface area contributed by atoms with E-state index in [2.05, 4.69) is 20.0 Å². The first-order chi connectivity index (χ1) is 13.5. The van der Waals surface area contributed by atoms with Crippen LogP contribution in [0.15, 0.2) is 75.9 Å². The lowest BCUT2D eigenvalue weighted by atomic mass is 10.0. The molecule has 0 radical (unpaired) electrons. The summed E-state index contributed by atoms with van der Waals surface area (Å²) in [7, 11) is -3.77. The Bertz CT molecular complexity index is 1130. The monoisotopic (exact) mass is 412 g/mol. The number of nitrogens with one attached hydrogen (secondary N) is 2. The average molecular weight is 412 g/mol. The molecular weight excluding hydrogens is 396 g/mol. The second-order valence-electron chi connectivity index (χ2n) is 6.13. The SMILES string of the molecule is O=C1CCc2cc(S(=O)(=O)Nc3ccnc(Sc4ccccn4)c3)ccc2N1. The molecule has 0 saturated heterocycles. The van der Waals surface area contributed by atoms with Crippen molar-refractivity contribution in [1.29, 1.82) is 0 Å². The highest BCUT2D eigenvalue weighted by Gasteiger charge is 2.20. The van der Waals surface area contributed by atoms with Gasteiger partial charge in [-0.15, -0.1) is 0 Å². The van der Waals surface area contributed by atoms with Gasteiger partial charge in [-0.2, -0.15) is 0 Å². The molecule has 3 heterocycles. The zero-order valence-corrected chi connectivity index (χ0v) is 16.3. The standard InChI is InChI=1S/C19H16N4O3S2/c24-17-7-4-13-11-15(5-6-16(13)22-17)28(25,26)23-14-8-10-21-19(12-14)27-18-3-1-2-9-20-18/h1-3,5-6,8-12H,4,7H2,(H,21,23)(H,22,24). The minimum Gasteiger partial charge on any atom is -0.326 e. The summed E-state index contributed by atoms with van der Waals surface area (Å²) in [4.78, 5) is 20.1. The summed E-state index contributed by atoms with van der Waals surface area (Å²) in [6, 6.07) is 13.5. The van der Waals surface area contributed by atoms with Crippen molar-refractivity contribution in [3.8, 4) is 0 Å². The molecule has 2 N–H and O–H groups in total. The minimum atomic E-state index is -3.77. The van der Waals surface area contributed by atoms with E-state index in [0.29, 0.717) is 29.2 Å². The predicted molar refractivity (Wildman–Crippen MR) is 107 cm³/mol. The smallest absolute Gasteiger partial charge is 0.261 e. The van der Waals surface area contributed by atoms with Crippen molar-refractivity contribution in [2.24, 2.45) is 0 Å². The van der Waals surface area contributed by atoms with E-state index in [1.54, 1.807) is 36.7 Å². The summed E-state index contributed by atoms with van der Waals surface area (Å²) < 4.78 is 28.2. The molecular formula is C19H16N4O3S2. The number of aromatic nitrogens is 2. The maximum Gasteiger partial charge on any atom is 0.261 e. The van der Waals surface area contributed by atoms with Gasteiger partial charge in [-0.1, -0.05) is 17.8 Å². The lowest BCUT2D eigenvalue weighted by Crippen LogP contribution is -2.20. The van der Waals surface area contributed by atoms with E-state index < -0.39 is 10.0 Å². The molecule has 0 aliphatic carbocycles. The van der Waals surface area contributed by atoms with Crippen LogP contribution in [0.4, 0.5) is 11.4 Å². The number of sulfonamides is 1. The van der Waals surface area contributed by atoms with E-state index in [9.17, 15) is 13.2 Å². The van der Waals surface area contributed by atoms with Crippen LogP contribution in [-0.4, -0.2) is 24.3 Å². The first kappa shape index (κ1) is 18.5. The number of anilines is 2. The van der Waals surface area contributed by atoms with Crippen LogP contribution in [0.3, 0.4) is 0 Å². The topological polar surface area (TPSA) is 101 Å². The van der Waals surface area contributed by atoms with Gasteiger partial charge in [-0.3, -0.25) is 9.52 Å². The van der Waals surface area contributed by atoms with Gasteiger partial charge >= 0.3 is 0 Å². The fraction of sp³-hybridized carbons (Fsp3) is 0.105. The molecule has 1 aliphatic rings. The normalized spacial score (nSPS) is 13.5. The molecule has 0 spiro atoms. The Labute approximate surface area is 166 Å². The lowest BCUT2D eigenvalue weighted by molar-refractivity contribution is -0.116. The molecule has 0 fully saturated rings. The second-order valence-corrected chi connectivity index (χ2v) is 8.85. The third kappa shape index (κ3) is 4.15. The highest BCUT2D eigenvalue weighted by molar-refractivity contribution is 7.99. The van der Waals surface area contributed by atoms with E-state index in [1.807, 2.05) is 18.2 Å². The molecule has 7 nitrogen and oxygen atoms in total. The summed E-state index contributed by atoms with van der Waals surface area (Å²) in [5.41, 5.74) is 1.89. The van der Waals surface area contributed by atoms with Gasteiger partial charge in [0.05, 0.1) is 10.6 Å². The van der Waals surface area contributed by atoms with Crippen LogP contribution in [0, 0.1) is 0 Å². The predicted octanol–water partition coefficient (Wildman–Crippen LogP) is 3.31. The molecule has 4 rings (SSSR count). The first-order valence-corrected chi connectivity index (χ1v) is 10.8. The number of hydrogen-bond acceptors (Lipinski definition) is 6. The van der Waals surface area contributed by atoms with Crippen molar-refractivity contribution in [3.63, 3.8) is 0 Å². The van der Waals surface area contributed by atoms with Crippen molar-refractivity contribution in [3.05, 3.63) is 66.5 Å². The fourth-order valence-electron chi connectivity index (χ4n) is 2.78. The molecule has 9 heteroatoms. The zero-order chi connectivity index (χ0) is 19.6. The third-order valence-corrected chi connectivity index (χ3v) is 6.38. The third-order valence-electron chi connectivity index (χ3n) is 4.12. The van der Waals surface area contributed by atoms with Crippen LogP contribution in [0.2, 0.25) is 0 Å². The van der Waals surface area contributed by atoms with E-state index >= 15 is 0 Å². The van der Waals surface area contributed by atoms with Crippen LogP contribution >= 0.6 is 11.8 Å². The molecule has 1 aromatic carbocycles. The molecule has 0 atom stereocenters. The minimum absolute atomic E-state index is 0.0593. The molecule has 28 heavy (non-hydrogen) atoms. The van der Waals surface area contributed by atoms with Gasteiger partial charge in [0.1, 0.15) is 10.1 Å². The Kier molecular flexibility index (Phi) is 5.01. The van der Waals surface area contributed by atoms with Gasteiger partial charge < -0.3 is 5.32 Å². The number of fused-ring (bicyclic) bond motifs is 1. The van der Waals surface area contributed by atoms with Gasteiger partial charge in [0, 0.05) is 24.5 Å². The van der Waals surface area contributed by atoms with Crippen LogP contribution in [-0.2, 0) is 21.2 Å². The maximum atomic E-state index is 12.8. The van der Waals surface area contributed by atoms with E-state index in [4.69, 9.17) is 0 Å². The van der Waals surface area contributed by atoms with Crippen molar-refractivity contribution >= 4 is 39.1 Å². The number of pyridine rings is 2.